The van der Waals surface area contributed by atoms with Crippen molar-refractivity contribution in [1.29, 1.82) is 0 Å². The largest absolute Gasteiger partial charge is 0.341 e. The molecule has 2 fully saturated rings. The highest BCUT2D eigenvalue weighted by atomic mass is 16.2. The topological polar surface area (TPSA) is 32.3 Å². The van der Waals surface area contributed by atoms with E-state index in [0.29, 0.717) is 18.0 Å². The van der Waals surface area contributed by atoms with Crippen LogP contribution in [0.15, 0.2) is 0 Å². The molecule has 1 aliphatic carbocycles. The van der Waals surface area contributed by atoms with Gasteiger partial charge in [-0.3, -0.25) is 4.79 Å². The Morgan fingerprint density at radius 1 is 1.33 bits per heavy atom. The monoisotopic (exact) mass is 252 g/mol. The van der Waals surface area contributed by atoms with Gasteiger partial charge in [0.1, 0.15) is 0 Å². The number of likely N-dealkylation sites (tertiary alicyclic amines) is 1. The van der Waals surface area contributed by atoms with Crippen molar-refractivity contribution < 1.29 is 4.79 Å². The van der Waals surface area contributed by atoms with E-state index >= 15 is 0 Å². The van der Waals surface area contributed by atoms with Crippen LogP contribution in [0.1, 0.15) is 58.8 Å². The summed E-state index contributed by atoms with van der Waals surface area (Å²) in [6, 6.07) is 1.11. The second kappa shape index (κ2) is 6.55. The molecule has 1 N–H and O–H groups in total. The number of hydrogen-bond acceptors (Lipinski definition) is 2. The van der Waals surface area contributed by atoms with Crippen molar-refractivity contribution in [2.45, 2.75) is 70.9 Å². The molecule has 1 heterocycles. The lowest BCUT2D eigenvalue weighted by molar-refractivity contribution is -0.128. The van der Waals surface area contributed by atoms with Gasteiger partial charge in [-0.2, -0.15) is 0 Å². The van der Waals surface area contributed by atoms with Crippen LogP contribution in [-0.4, -0.2) is 36.0 Å². The summed E-state index contributed by atoms with van der Waals surface area (Å²) in [5.74, 6) is 1.19. The molecule has 3 heteroatoms. The molecule has 0 spiro atoms. The van der Waals surface area contributed by atoms with Crippen LogP contribution in [0.3, 0.4) is 0 Å². The van der Waals surface area contributed by atoms with Gasteiger partial charge in [0.2, 0.25) is 5.91 Å². The minimum Gasteiger partial charge on any atom is -0.341 e. The van der Waals surface area contributed by atoms with Crippen molar-refractivity contribution in [3.8, 4) is 0 Å². The Morgan fingerprint density at radius 2 is 2.11 bits per heavy atom. The lowest BCUT2D eigenvalue weighted by Crippen LogP contribution is -2.47. The molecule has 0 aromatic carbocycles. The highest BCUT2D eigenvalue weighted by Crippen LogP contribution is 2.27. The first-order valence-corrected chi connectivity index (χ1v) is 7.74. The van der Waals surface area contributed by atoms with Gasteiger partial charge < -0.3 is 10.2 Å². The Bertz CT molecular complexity index is 280. The van der Waals surface area contributed by atoms with Crippen molar-refractivity contribution in [3.63, 3.8) is 0 Å². The molecule has 104 valence electrons. The lowest BCUT2D eigenvalue weighted by atomic mass is 9.82. The van der Waals surface area contributed by atoms with Crippen LogP contribution in [0, 0.1) is 5.92 Å². The summed E-state index contributed by atoms with van der Waals surface area (Å²) in [5, 5.41) is 3.77. The summed E-state index contributed by atoms with van der Waals surface area (Å²) in [5.41, 5.74) is 0. The molecule has 1 saturated heterocycles. The second-order valence-electron chi connectivity index (χ2n) is 6.07. The molecule has 2 aliphatic rings. The number of carbonyl (C=O) groups is 1. The molecule has 3 unspecified atom stereocenters. The quantitative estimate of drug-likeness (QED) is 0.815. The molecule has 1 amide bonds. The van der Waals surface area contributed by atoms with E-state index in [1.807, 2.05) is 4.90 Å². The minimum absolute atomic E-state index is 0.347. The average Bonchev–Trinajstić information content (AvgIpc) is 2.75. The van der Waals surface area contributed by atoms with Crippen molar-refractivity contribution in [1.82, 2.24) is 10.2 Å². The zero-order valence-electron chi connectivity index (χ0n) is 12.0. The van der Waals surface area contributed by atoms with Crippen LogP contribution in [-0.2, 0) is 4.79 Å². The van der Waals surface area contributed by atoms with Gasteiger partial charge in [-0.1, -0.05) is 26.2 Å². The Kier molecular flexibility index (Phi) is 5.04. The van der Waals surface area contributed by atoms with Crippen molar-refractivity contribution in [2.24, 2.45) is 5.92 Å². The third kappa shape index (κ3) is 3.47. The van der Waals surface area contributed by atoms with E-state index in [9.17, 15) is 4.79 Å². The molecule has 1 saturated carbocycles. The highest BCUT2D eigenvalue weighted by molar-refractivity contribution is 5.78. The van der Waals surface area contributed by atoms with Crippen molar-refractivity contribution in [2.75, 3.05) is 13.1 Å². The molecule has 0 aromatic rings. The maximum absolute atomic E-state index is 11.6. The van der Waals surface area contributed by atoms with Crippen molar-refractivity contribution >= 4 is 5.91 Å². The van der Waals surface area contributed by atoms with Crippen LogP contribution in [0.25, 0.3) is 0 Å². The fourth-order valence-corrected chi connectivity index (χ4v) is 3.56. The molecule has 0 radical (unpaired) electrons. The summed E-state index contributed by atoms with van der Waals surface area (Å²) < 4.78 is 0. The Hall–Kier alpha value is -0.570. The van der Waals surface area contributed by atoms with Crippen LogP contribution in [0.5, 0.6) is 0 Å². The van der Waals surface area contributed by atoms with E-state index in [1.165, 1.54) is 32.1 Å². The van der Waals surface area contributed by atoms with Gasteiger partial charge in [-0.25, -0.2) is 0 Å². The Morgan fingerprint density at radius 3 is 2.78 bits per heavy atom. The van der Waals surface area contributed by atoms with Crippen LogP contribution in [0.4, 0.5) is 0 Å². The van der Waals surface area contributed by atoms with Crippen LogP contribution in [0.2, 0.25) is 0 Å². The number of hydrogen-bond donors (Lipinski definition) is 1. The smallest absolute Gasteiger partial charge is 0.222 e. The molecule has 2 rings (SSSR count). The van der Waals surface area contributed by atoms with E-state index in [0.717, 1.165) is 31.8 Å². The van der Waals surface area contributed by atoms with Gasteiger partial charge in [-0.15, -0.1) is 0 Å². The van der Waals surface area contributed by atoms with E-state index in [2.05, 4.69) is 19.2 Å². The third-order valence-corrected chi connectivity index (χ3v) is 4.60. The van der Waals surface area contributed by atoms with E-state index in [4.69, 9.17) is 0 Å². The molecular formula is C15H28N2O. The maximum atomic E-state index is 11.6. The summed E-state index contributed by atoms with van der Waals surface area (Å²) in [6.45, 7) is 6.39. The normalized spacial score (nSPS) is 30.8. The molecule has 0 aromatic heterocycles. The zero-order valence-corrected chi connectivity index (χ0v) is 12.0. The van der Waals surface area contributed by atoms with E-state index < -0.39 is 0 Å². The van der Waals surface area contributed by atoms with E-state index in [1.54, 1.807) is 0 Å². The molecular weight excluding hydrogens is 224 g/mol. The lowest BCUT2D eigenvalue weighted by Gasteiger charge is -2.35. The minimum atomic E-state index is 0.347. The summed E-state index contributed by atoms with van der Waals surface area (Å²) in [4.78, 5) is 13.6. The molecule has 3 atom stereocenters. The standard InChI is InChI=1S/C15H28N2O/c1-3-13-7-4-5-8-14(13)16-12(2)11-17-10-6-9-15(17)18/h12-14,16H,3-11H2,1-2H3. The number of nitrogens with one attached hydrogen (secondary N) is 1. The van der Waals surface area contributed by atoms with Crippen LogP contribution < -0.4 is 5.32 Å². The van der Waals surface area contributed by atoms with Gasteiger partial charge in [0.05, 0.1) is 0 Å². The Balaban J connectivity index is 1.78. The zero-order chi connectivity index (χ0) is 13.0. The average molecular weight is 252 g/mol. The number of rotatable bonds is 5. The predicted molar refractivity (Wildman–Crippen MR) is 74.4 cm³/mol. The molecule has 0 bridgehead atoms. The van der Waals surface area contributed by atoms with Gasteiger partial charge in [0.15, 0.2) is 0 Å². The van der Waals surface area contributed by atoms with Gasteiger partial charge >= 0.3 is 0 Å². The maximum Gasteiger partial charge on any atom is 0.222 e. The Labute approximate surface area is 111 Å². The number of amides is 1. The SMILES string of the molecule is CCC1CCCCC1NC(C)CN1CCCC1=O. The second-order valence-corrected chi connectivity index (χ2v) is 6.07. The van der Waals surface area contributed by atoms with E-state index in [-0.39, 0.29) is 0 Å². The predicted octanol–water partition coefficient (Wildman–Crippen LogP) is 2.56. The summed E-state index contributed by atoms with van der Waals surface area (Å²) in [6.07, 6.45) is 8.55. The fourth-order valence-electron chi connectivity index (χ4n) is 3.56. The third-order valence-electron chi connectivity index (χ3n) is 4.60. The van der Waals surface area contributed by atoms with Crippen LogP contribution >= 0.6 is 0 Å². The first-order chi connectivity index (χ1) is 8.70. The first-order valence-electron chi connectivity index (χ1n) is 7.74. The van der Waals surface area contributed by atoms with Gasteiger partial charge in [0, 0.05) is 31.6 Å². The number of nitrogens with zero attached hydrogens (tertiary/aromatic N) is 1. The summed E-state index contributed by atoms with van der Waals surface area (Å²) >= 11 is 0. The molecule has 1 aliphatic heterocycles. The molecule has 3 nitrogen and oxygen atoms in total. The number of carbonyl (C=O) groups excluding carboxylic acids is 1. The fraction of sp³-hybridized carbons (Fsp3) is 0.933. The first kappa shape index (κ1) is 13.9. The summed E-state index contributed by atoms with van der Waals surface area (Å²) in [7, 11) is 0. The van der Waals surface area contributed by atoms with Gasteiger partial charge in [-0.05, 0) is 32.1 Å². The van der Waals surface area contributed by atoms with Crippen molar-refractivity contribution in [3.05, 3.63) is 0 Å². The molecule has 18 heavy (non-hydrogen) atoms. The van der Waals surface area contributed by atoms with Gasteiger partial charge in [0.25, 0.3) is 0 Å². The highest BCUT2D eigenvalue weighted by Gasteiger charge is 2.27.